The van der Waals surface area contributed by atoms with E-state index in [1.807, 2.05) is 6.07 Å². The standard InChI is InChI=1S/C18H20N4O3/c1-2-3-13-19-18(21-17(23)14-7-5-4-6-8-14)20-15-9-11-16(12-10-15)22(24)25/h4-12H,2-3,13H2,1H3,(H2,19,20,21,23). The maximum atomic E-state index is 12.3. The monoisotopic (exact) mass is 340 g/mol. The van der Waals surface area contributed by atoms with Gasteiger partial charge in [0.25, 0.3) is 11.6 Å². The first-order valence-corrected chi connectivity index (χ1v) is 8.02. The van der Waals surface area contributed by atoms with Crippen LogP contribution in [0.2, 0.25) is 0 Å². The Hall–Kier alpha value is -3.22. The van der Waals surface area contributed by atoms with Gasteiger partial charge in [-0.2, -0.15) is 0 Å². The first-order chi connectivity index (χ1) is 12.1. The molecule has 0 bridgehead atoms. The minimum Gasteiger partial charge on any atom is -0.326 e. The van der Waals surface area contributed by atoms with Gasteiger partial charge in [-0.15, -0.1) is 0 Å². The third-order valence-corrected chi connectivity index (χ3v) is 3.39. The molecule has 130 valence electrons. The second-order valence-electron chi connectivity index (χ2n) is 5.33. The first kappa shape index (κ1) is 18.1. The number of carbonyl (C=O) groups excluding carboxylic acids is 1. The first-order valence-electron chi connectivity index (χ1n) is 8.02. The lowest BCUT2D eigenvalue weighted by molar-refractivity contribution is -0.384. The number of carbonyl (C=O) groups is 1. The predicted octanol–water partition coefficient (Wildman–Crippen LogP) is 3.59. The second-order valence-corrected chi connectivity index (χ2v) is 5.33. The Morgan fingerprint density at radius 1 is 1.12 bits per heavy atom. The van der Waals surface area contributed by atoms with Crippen LogP contribution in [-0.2, 0) is 0 Å². The summed E-state index contributed by atoms with van der Waals surface area (Å²) in [7, 11) is 0. The van der Waals surface area contributed by atoms with Gasteiger partial charge in [-0.3, -0.25) is 25.2 Å². The SMILES string of the molecule is CCCCN=C(NC(=O)c1ccccc1)Nc1ccc([N+](=O)[O-])cc1. The molecule has 7 heteroatoms. The zero-order valence-corrected chi connectivity index (χ0v) is 13.9. The Morgan fingerprint density at radius 3 is 2.40 bits per heavy atom. The number of benzene rings is 2. The summed E-state index contributed by atoms with van der Waals surface area (Å²) < 4.78 is 0. The molecule has 0 atom stereocenters. The number of nitrogens with zero attached hydrogens (tertiary/aromatic N) is 2. The zero-order chi connectivity index (χ0) is 18.1. The number of rotatable bonds is 6. The molecule has 0 spiro atoms. The number of amides is 1. The van der Waals surface area contributed by atoms with Gasteiger partial charge in [-0.1, -0.05) is 31.5 Å². The number of anilines is 1. The van der Waals surface area contributed by atoms with E-state index in [0.29, 0.717) is 23.8 Å². The van der Waals surface area contributed by atoms with Crippen LogP contribution >= 0.6 is 0 Å². The molecule has 0 unspecified atom stereocenters. The number of nitrogens with one attached hydrogen (secondary N) is 2. The van der Waals surface area contributed by atoms with E-state index in [1.54, 1.807) is 36.4 Å². The molecule has 1 amide bonds. The van der Waals surface area contributed by atoms with Crippen molar-refractivity contribution in [3.63, 3.8) is 0 Å². The van der Waals surface area contributed by atoms with E-state index in [4.69, 9.17) is 0 Å². The molecule has 0 saturated carbocycles. The van der Waals surface area contributed by atoms with Gasteiger partial charge < -0.3 is 5.32 Å². The number of nitro groups is 1. The number of aliphatic imine (C=N–C) groups is 1. The molecule has 2 rings (SSSR count). The van der Waals surface area contributed by atoms with Crippen molar-refractivity contribution in [1.82, 2.24) is 5.32 Å². The topological polar surface area (TPSA) is 96.6 Å². The molecular weight excluding hydrogens is 320 g/mol. The van der Waals surface area contributed by atoms with Crippen molar-refractivity contribution in [2.75, 3.05) is 11.9 Å². The van der Waals surface area contributed by atoms with Crippen LogP contribution in [0.25, 0.3) is 0 Å². The van der Waals surface area contributed by atoms with Gasteiger partial charge in [-0.05, 0) is 30.7 Å². The molecule has 0 saturated heterocycles. The van der Waals surface area contributed by atoms with Crippen molar-refractivity contribution < 1.29 is 9.72 Å². The van der Waals surface area contributed by atoms with Crippen LogP contribution in [-0.4, -0.2) is 23.3 Å². The normalized spacial score (nSPS) is 11.0. The van der Waals surface area contributed by atoms with Gasteiger partial charge in [0, 0.05) is 29.9 Å². The molecule has 2 aromatic rings. The van der Waals surface area contributed by atoms with E-state index in [1.165, 1.54) is 12.1 Å². The number of hydrogen-bond donors (Lipinski definition) is 2. The molecule has 0 heterocycles. The average molecular weight is 340 g/mol. The molecule has 0 fully saturated rings. The summed E-state index contributed by atoms with van der Waals surface area (Å²) in [5, 5.41) is 16.5. The largest absolute Gasteiger partial charge is 0.326 e. The molecule has 0 aliphatic rings. The van der Waals surface area contributed by atoms with Gasteiger partial charge in [0.15, 0.2) is 0 Å². The van der Waals surface area contributed by atoms with Gasteiger partial charge in [0.05, 0.1) is 4.92 Å². The summed E-state index contributed by atoms with van der Waals surface area (Å²) in [6.45, 7) is 2.63. The Kier molecular flexibility index (Phi) is 6.65. The molecule has 2 N–H and O–H groups in total. The highest BCUT2D eigenvalue weighted by Crippen LogP contribution is 2.15. The van der Waals surface area contributed by atoms with Crippen LogP contribution < -0.4 is 10.6 Å². The Bertz CT molecular complexity index is 743. The highest BCUT2D eigenvalue weighted by molar-refractivity contribution is 6.09. The third-order valence-electron chi connectivity index (χ3n) is 3.39. The van der Waals surface area contributed by atoms with Crippen molar-refractivity contribution in [3.8, 4) is 0 Å². The maximum absolute atomic E-state index is 12.3. The maximum Gasteiger partial charge on any atom is 0.269 e. The van der Waals surface area contributed by atoms with E-state index < -0.39 is 4.92 Å². The number of unbranched alkanes of at least 4 members (excludes halogenated alkanes) is 1. The van der Waals surface area contributed by atoms with Gasteiger partial charge in [0.1, 0.15) is 0 Å². The van der Waals surface area contributed by atoms with Crippen molar-refractivity contribution in [2.45, 2.75) is 19.8 Å². The van der Waals surface area contributed by atoms with Crippen LogP contribution in [0.15, 0.2) is 59.6 Å². The lowest BCUT2D eigenvalue weighted by Crippen LogP contribution is -2.36. The summed E-state index contributed by atoms with van der Waals surface area (Å²) >= 11 is 0. The molecule has 0 aliphatic carbocycles. The number of non-ortho nitro benzene ring substituents is 1. The molecule has 0 aromatic heterocycles. The lowest BCUT2D eigenvalue weighted by Gasteiger charge is -2.12. The summed E-state index contributed by atoms with van der Waals surface area (Å²) in [5.41, 5.74) is 1.13. The van der Waals surface area contributed by atoms with Crippen molar-refractivity contribution in [3.05, 3.63) is 70.3 Å². The number of guanidine groups is 1. The van der Waals surface area contributed by atoms with Gasteiger partial charge >= 0.3 is 0 Å². The van der Waals surface area contributed by atoms with Crippen molar-refractivity contribution in [1.29, 1.82) is 0 Å². The van der Waals surface area contributed by atoms with Gasteiger partial charge in [0.2, 0.25) is 5.96 Å². The minimum absolute atomic E-state index is 0.00310. The fraction of sp³-hybridized carbons (Fsp3) is 0.222. The quantitative estimate of drug-likeness (QED) is 0.276. The second kappa shape index (κ2) is 9.17. The fourth-order valence-corrected chi connectivity index (χ4v) is 2.03. The van der Waals surface area contributed by atoms with Crippen LogP contribution in [0.1, 0.15) is 30.1 Å². The Labute approximate surface area is 145 Å². The third kappa shape index (κ3) is 5.72. The minimum atomic E-state index is -0.461. The summed E-state index contributed by atoms with van der Waals surface area (Å²) in [5.74, 6) is 0.0430. The van der Waals surface area contributed by atoms with E-state index in [0.717, 1.165) is 12.8 Å². The average Bonchev–Trinajstić information content (AvgIpc) is 2.63. The van der Waals surface area contributed by atoms with Crippen molar-refractivity contribution in [2.24, 2.45) is 4.99 Å². The van der Waals surface area contributed by atoms with Crippen LogP contribution in [0.5, 0.6) is 0 Å². The van der Waals surface area contributed by atoms with Crippen molar-refractivity contribution >= 4 is 23.2 Å². The van der Waals surface area contributed by atoms with Crippen LogP contribution in [0, 0.1) is 10.1 Å². The number of nitro benzene ring substituents is 1. The molecule has 7 nitrogen and oxygen atoms in total. The summed E-state index contributed by atoms with van der Waals surface area (Å²) in [6, 6.07) is 14.8. The zero-order valence-electron chi connectivity index (χ0n) is 13.9. The lowest BCUT2D eigenvalue weighted by atomic mass is 10.2. The molecule has 0 radical (unpaired) electrons. The molecular formula is C18H20N4O3. The van der Waals surface area contributed by atoms with E-state index in [-0.39, 0.29) is 11.6 Å². The van der Waals surface area contributed by atoms with Crippen LogP contribution in [0.3, 0.4) is 0 Å². The van der Waals surface area contributed by atoms with Gasteiger partial charge in [-0.25, -0.2) is 0 Å². The predicted molar refractivity (Wildman–Crippen MR) is 97.8 cm³/mol. The molecule has 2 aromatic carbocycles. The van der Waals surface area contributed by atoms with Crippen LogP contribution in [0.4, 0.5) is 11.4 Å². The summed E-state index contributed by atoms with van der Waals surface area (Å²) in [6.07, 6.45) is 1.88. The number of hydrogen-bond acceptors (Lipinski definition) is 4. The molecule has 0 aliphatic heterocycles. The Morgan fingerprint density at radius 2 is 1.80 bits per heavy atom. The highest BCUT2D eigenvalue weighted by atomic mass is 16.6. The summed E-state index contributed by atoms with van der Waals surface area (Å²) in [4.78, 5) is 26.9. The van der Waals surface area contributed by atoms with E-state index in [9.17, 15) is 14.9 Å². The molecule has 25 heavy (non-hydrogen) atoms. The smallest absolute Gasteiger partial charge is 0.269 e. The fourth-order valence-electron chi connectivity index (χ4n) is 2.03. The highest BCUT2D eigenvalue weighted by Gasteiger charge is 2.10. The Balaban J connectivity index is 2.11. The van der Waals surface area contributed by atoms with E-state index >= 15 is 0 Å². The van der Waals surface area contributed by atoms with E-state index in [2.05, 4.69) is 22.5 Å².